The van der Waals surface area contributed by atoms with E-state index in [1.54, 1.807) is 30.6 Å². The van der Waals surface area contributed by atoms with E-state index < -0.39 is 0 Å². The molecule has 3 aromatic rings. The van der Waals surface area contributed by atoms with E-state index in [4.69, 9.17) is 16.3 Å². The first-order valence-electron chi connectivity index (χ1n) is 10.7. The topological polar surface area (TPSA) is 64.4 Å². The Hall–Kier alpha value is -2.96. The minimum absolute atomic E-state index is 0.00939. The van der Waals surface area contributed by atoms with Crippen molar-refractivity contribution in [2.24, 2.45) is 0 Å². The summed E-state index contributed by atoms with van der Waals surface area (Å²) in [7, 11) is 0. The fourth-order valence-corrected chi connectivity index (χ4v) is 3.91. The molecule has 3 heterocycles. The molecule has 166 valence electrons. The Morgan fingerprint density at radius 2 is 2.00 bits per heavy atom. The van der Waals surface area contributed by atoms with Gasteiger partial charge < -0.3 is 9.30 Å². The molecule has 0 saturated carbocycles. The summed E-state index contributed by atoms with van der Waals surface area (Å²) in [5.41, 5.74) is 3.55. The lowest BCUT2D eigenvalue weighted by Crippen LogP contribution is -2.36. The van der Waals surface area contributed by atoms with E-state index in [0.29, 0.717) is 28.1 Å². The highest BCUT2D eigenvalue weighted by atomic mass is 35.5. The first kappa shape index (κ1) is 22.2. The maximum Gasteiger partial charge on any atom is 0.254 e. The van der Waals surface area contributed by atoms with E-state index in [1.807, 2.05) is 18.2 Å². The summed E-state index contributed by atoms with van der Waals surface area (Å²) in [6.07, 6.45) is 4.13. The molecule has 0 radical (unpaired) electrons. The van der Waals surface area contributed by atoms with E-state index in [9.17, 15) is 9.59 Å². The van der Waals surface area contributed by atoms with Crippen LogP contribution in [-0.2, 0) is 26.1 Å². The number of aromatic nitrogens is 2. The number of carbonyl (C=O) groups excluding carboxylic acids is 1. The van der Waals surface area contributed by atoms with Gasteiger partial charge in [-0.05, 0) is 55.7 Å². The summed E-state index contributed by atoms with van der Waals surface area (Å²) < 4.78 is 7.04. The second-order valence-corrected chi connectivity index (χ2v) is 8.74. The van der Waals surface area contributed by atoms with Crippen molar-refractivity contribution in [1.82, 2.24) is 14.5 Å². The predicted octanol–water partition coefficient (Wildman–Crippen LogP) is 4.13. The van der Waals surface area contributed by atoms with E-state index in [-0.39, 0.29) is 24.5 Å². The average molecular weight is 452 g/mol. The third-order valence-corrected chi connectivity index (χ3v) is 5.98. The number of hydrogen-bond acceptors (Lipinski definition) is 5. The largest absolute Gasteiger partial charge is 0.487 e. The SMILES string of the molecule is CC(C)N1CCc2ccc(C(=O)Cn3ccc(OCc4ccc(Cl)cn4)cc3=O)cc2C1. The number of halogens is 1. The van der Waals surface area contributed by atoms with Crippen LogP contribution in [0.4, 0.5) is 0 Å². The van der Waals surface area contributed by atoms with Gasteiger partial charge in [-0.3, -0.25) is 19.5 Å². The number of carbonyl (C=O) groups is 1. The Labute approximate surface area is 192 Å². The summed E-state index contributed by atoms with van der Waals surface area (Å²) in [6.45, 7) is 6.47. The highest BCUT2D eigenvalue weighted by molar-refractivity contribution is 6.30. The number of hydrogen-bond donors (Lipinski definition) is 0. The van der Waals surface area contributed by atoms with Crippen LogP contribution in [0.2, 0.25) is 5.02 Å². The van der Waals surface area contributed by atoms with Crippen molar-refractivity contribution in [1.29, 1.82) is 0 Å². The summed E-state index contributed by atoms with van der Waals surface area (Å²) in [5, 5.41) is 0.553. The van der Waals surface area contributed by atoms with Gasteiger partial charge in [-0.25, -0.2) is 0 Å². The highest BCUT2D eigenvalue weighted by Gasteiger charge is 2.20. The quantitative estimate of drug-likeness (QED) is 0.505. The summed E-state index contributed by atoms with van der Waals surface area (Å²) in [6, 6.07) is 12.9. The van der Waals surface area contributed by atoms with E-state index in [1.165, 1.54) is 21.8 Å². The van der Waals surface area contributed by atoms with Gasteiger partial charge in [-0.2, -0.15) is 0 Å². The molecule has 0 unspecified atom stereocenters. The van der Waals surface area contributed by atoms with Crippen LogP contribution in [0.1, 0.15) is 41.0 Å². The number of benzene rings is 1. The molecule has 1 aliphatic rings. The number of fused-ring (bicyclic) bond motifs is 1. The van der Waals surface area contributed by atoms with Crippen molar-refractivity contribution in [3.05, 3.63) is 92.6 Å². The lowest BCUT2D eigenvalue weighted by atomic mass is 9.95. The lowest BCUT2D eigenvalue weighted by Gasteiger charge is -2.32. The molecule has 6 nitrogen and oxygen atoms in total. The molecule has 0 amide bonds. The number of pyridine rings is 2. The van der Waals surface area contributed by atoms with Crippen LogP contribution in [0, 0.1) is 0 Å². The van der Waals surface area contributed by atoms with Crippen molar-refractivity contribution in [2.75, 3.05) is 6.54 Å². The molecule has 0 aliphatic carbocycles. The second kappa shape index (κ2) is 9.67. The highest BCUT2D eigenvalue weighted by Crippen LogP contribution is 2.22. The van der Waals surface area contributed by atoms with Crippen LogP contribution in [0.5, 0.6) is 5.75 Å². The van der Waals surface area contributed by atoms with E-state index >= 15 is 0 Å². The first-order valence-corrected chi connectivity index (χ1v) is 11.1. The van der Waals surface area contributed by atoms with Crippen molar-refractivity contribution >= 4 is 17.4 Å². The maximum absolute atomic E-state index is 12.9. The molecule has 2 aromatic heterocycles. The van der Waals surface area contributed by atoms with Crippen molar-refractivity contribution in [2.45, 2.75) is 46.0 Å². The van der Waals surface area contributed by atoms with Gasteiger partial charge in [0.2, 0.25) is 0 Å². The zero-order valence-corrected chi connectivity index (χ0v) is 19.0. The zero-order chi connectivity index (χ0) is 22.7. The van der Waals surface area contributed by atoms with Gasteiger partial charge in [0.05, 0.1) is 17.3 Å². The molecule has 0 spiro atoms. The first-order chi connectivity index (χ1) is 15.4. The molecule has 1 aromatic carbocycles. The third kappa shape index (κ3) is 5.26. The van der Waals surface area contributed by atoms with Crippen LogP contribution in [0.25, 0.3) is 0 Å². The van der Waals surface area contributed by atoms with Crippen LogP contribution >= 0.6 is 11.6 Å². The molecule has 1 aliphatic heterocycles. The Kier molecular flexibility index (Phi) is 6.72. The van der Waals surface area contributed by atoms with Crippen molar-refractivity contribution < 1.29 is 9.53 Å². The second-order valence-electron chi connectivity index (χ2n) is 8.31. The minimum atomic E-state index is -0.288. The van der Waals surface area contributed by atoms with Crippen molar-refractivity contribution in [3.63, 3.8) is 0 Å². The Bertz CT molecular complexity index is 1170. The lowest BCUT2D eigenvalue weighted by molar-refractivity contribution is 0.0970. The number of ketones is 1. The predicted molar refractivity (Wildman–Crippen MR) is 124 cm³/mol. The van der Waals surface area contributed by atoms with E-state index in [0.717, 1.165) is 19.5 Å². The van der Waals surface area contributed by atoms with Gasteiger partial charge in [0.1, 0.15) is 12.4 Å². The molecule has 4 rings (SSSR count). The molecule has 32 heavy (non-hydrogen) atoms. The summed E-state index contributed by atoms with van der Waals surface area (Å²) in [4.78, 5) is 31.9. The van der Waals surface area contributed by atoms with Gasteiger partial charge in [-0.1, -0.05) is 23.7 Å². The molecular weight excluding hydrogens is 426 g/mol. The summed E-state index contributed by atoms with van der Waals surface area (Å²) in [5.74, 6) is 0.341. The van der Waals surface area contributed by atoms with Gasteiger partial charge in [0.25, 0.3) is 5.56 Å². The fourth-order valence-electron chi connectivity index (χ4n) is 3.80. The Balaban J connectivity index is 1.42. The molecule has 0 N–H and O–H groups in total. The molecule has 7 heteroatoms. The number of nitrogens with zero attached hydrogens (tertiary/aromatic N) is 3. The van der Waals surface area contributed by atoms with Crippen molar-refractivity contribution in [3.8, 4) is 5.75 Å². The number of ether oxygens (including phenoxy) is 1. The average Bonchev–Trinajstić information content (AvgIpc) is 2.79. The maximum atomic E-state index is 12.9. The van der Waals surface area contributed by atoms with Crippen LogP contribution < -0.4 is 10.3 Å². The smallest absolute Gasteiger partial charge is 0.254 e. The molecular formula is C25H26ClN3O3. The molecule has 0 bridgehead atoms. The normalized spacial score (nSPS) is 13.8. The monoisotopic (exact) mass is 451 g/mol. The standard InChI is InChI=1S/C25H26ClN3O3/c1-17(2)28-9-7-18-3-4-19(11-20(18)14-28)24(30)15-29-10-8-23(12-25(29)31)32-16-22-6-5-21(26)13-27-22/h3-6,8,10-13,17H,7,9,14-16H2,1-2H3. The Morgan fingerprint density at radius 1 is 1.16 bits per heavy atom. The molecule has 0 atom stereocenters. The van der Waals surface area contributed by atoms with Crippen LogP contribution in [-0.4, -0.2) is 32.8 Å². The third-order valence-electron chi connectivity index (χ3n) is 5.76. The zero-order valence-electron chi connectivity index (χ0n) is 18.3. The molecule has 0 saturated heterocycles. The van der Waals surface area contributed by atoms with Gasteiger partial charge in [0.15, 0.2) is 5.78 Å². The summed E-state index contributed by atoms with van der Waals surface area (Å²) >= 11 is 5.83. The fraction of sp³-hybridized carbons (Fsp3) is 0.320. The minimum Gasteiger partial charge on any atom is -0.487 e. The number of Topliss-reactive ketones (excluding diaryl/α,β-unsaturated/α-hetero) is 1. The van der Waals surface area contributed by atoms with Gasteiger partial charge >= 0.3 is 0 Å². The molecule has 0 fully saturated rings. The number of rotatable bonds is 7. The van der Waals surface area contributed by atoms with Gasteiger partial charge in [0, 0.05) is 43.2 Å². The van der Waals surface area contributed by atoms with Gasteiger partial charge in [-0.15, -0.1) is 0 Å². The van der Waals surface area contributed by atoms with Crippen LogP contribution in [0.3, 0.4) is 0 Å². The Morgan fingerprint density at radius 3 is 2.72 bits per heavy atom. The van der Waals surface area contributed by atoms with E-state index in [2.05, 4.69) is 23.7 Å². The van der Waals surface area contributed by atoms with Crippen LogP contribution in [0.15, 0.2) is 59.7 Å².